The Balaban J connectivity index is 1.65. The molecule has 4 heterocycles. The van der Waals surface area contributed by atoms with Gasteiger partial charge in [0.25, 0.3) is 0 Å². The van der Waals surface area contributed by atoms with Gasteiger partial charge in [-0.15, -0.1) is 15.3 Å². The van der Waals surface area contributed by atoms with Crippen LogP contribution in [0.4, 0.5) is 5.82 Å². The van der Waals surface area contributed by atoms with E-state index in [9.17, 15) is 0 Å². The maximum Gasteiger partial charge on any atom is 0.178 e. The number of aromatic nitrogens is 4. The summed E-state index contributed by atoms with van der Waals surface area (Å²) in [7, 11) is 2.17. The van der Waals surface area contributed by atoms with Gasteiger partial charge in [-0.1, -0.05) is 0 Å². The van der Waals surface area contributed by atoms with Gasteiger partial charge >= 0.3 is 0 Å². The Bertz CT molecular complexity index is 641. The summed E-state index contributed by atoms with van der Waals surface area (Å²) in [6, 6.07) is 4.44. The molecule has 0 spiro atoms. The van der Waals surface area contributed by atoms with E-state index in [4.69, 9.17) is 4.74 Å². The molecule has 7 nitrogen and oxygen atoms in total. The highest BCUT2D eigenvalue weighted by Gasteiger charge is 2.39. The van der Waals surface area contributed by atoms with E-state index in [0.717, 1.165) is 43.5 Å². The molecule has 2 fully saturated rings. The van der Waals surface area contributed by atoms with Gasteiger partial charge in [0, 0.05) is 19.6 Å². The van der Waals surface area contributed by atoms with E-state index >= 15 is 0 Å². The third-order valence-electron chi connectivity index (χ3n) is 4.31. The topological polar surface area (TPSA) is 58.8 Å². The largest absolute Gasteiger partial charge is 0.373 e. The molecule has 4 rings (SSSR count). The van der Waals surface area contributed by atoms with E-state index < -0.39 is 0 Å². The fraction of sp³-hybridized carbons (Fsp3) is 0.615. The molecule has 7 heteroatoms. The van der Waals surface area contributed by atoms with Crippen molar-refractivity contribution in [3.05, 3.63) is 18.0 Å². The van der Waals surface area contributed by atoms with Crippen molar-refractivity contribution in [1.29, 1.82) is 0 Å². The monoisotopic (exact) mass is 274 g/mol. The molecule has 0 N–H and O–H groups in total. The summed E-state index contributed by atoms with van der Waals surface area (Å²) >= 11 is 0. The minimum atomic E-state index is 0.285. The van der Waals surface area contributed by atoms with Crippen LogP contribution in [0.1, 0.15) is 5.82 Å². The molecular weight excluding hydrogens is 256 g/mol. The van der Waals surface area contributed by atoms with Gasteiger partial charge in [-0.2, -0.15) is 4.52 Å². The molecule has 2 atom stereocenters. The van der Waals surface area contributed by atoms with Crippen LogP contribution in [0.5, 0.6) is 0 Å². The molecule has 0 aromatic carbocycles. The summed E-state index contributed by atoms with van der Waals surface area (Å²) in [5.41, 5.74) is 0.788. The summed E-state index contributed by atoms with van der Waals surface area (Å²) in [5, 5.41) is 12.8. The Hall–Kier alpha value is -1.73. The molecule has 0 saturated carbocycles. The first-order valence-corrected chi connectivity index (χ1v) is 6.98. The molecule has 20 heavy (non-hydrogen) atoms. The highest BCUT2D eigenvalue weighted by molar-refractivity contribution is 5.47. The van der Waals surface area contributed by atoms with Crippen LogP contribution in [0.3, 0.4) is 0 Å². The average molecular weight is 274 g/mol. The van der Waals surface area contributed by atoms with E-state index in [0.29, 0.717) is 6.04 Å². The Labute approximate surface area is 117 Å². The van der Waals surface area contributed by atoms with Crippen LogP contribution in [0.15, 0.2) is 12.1 Å². The zero-order valence-electron chi connectivity index (χ0n) is 11.7. The number of ether oxygens (including phenoxy) is 1. The summed E-state index contributed by atoms with van der Waals surface area (Å²) in [6.07, 6.45) is 0.285. The highest BCUT2D eigenvalue weighted by atomic mass is 16.5. The predicted molar refractivity (Wildman–Crippen MR) is 73.9 cm³/mol. The molecule has 0 radical (unpaired) electrons. The van der Waals surface area contributed by atoms with Crippen molar-refractivity contribution >= 4 is 11.5 Å². The van der Waals surface area contributed by atoms with Crippen LogP contribution in [0.25, 0.3) is 5.65 Å². The lowest BCUT2D eigenvalue weighted by Gasteiger charge is -2.33. The number of rotatable bonds is 1. The lowest BCUT2D eigenvalue weighted by Crippen LogP contribution is -2.48. The van der Waals surface area contributed by atoms with Crippen molar-refractivity contribution in [2.45, 2.75) is 19.1 Å². The van der Waals surface area contributed by atoms with Crippen molar-refractivity contribution in [2.75, 3.05) is 38.2 Å². The number of morpholine rings is 1. The number of likely N-dealkylation sites (N-methyl/N-ethyl adjacent to an activating group) is 1. The van der Waals surface area contributed by atoms with Gasteiger partial charge in [-0.05, 0) is 26.1 Å². The molecule has 2 aromatic heterocycles. The van der Waals surface area contributed by atoms with Crippen molar-refractivity contribution in [3.8, 4) is 0 Å². The smallest absolute Gasteiger partial charge is 0.178 e. The zero-order chi connectivity index (χ0) is 13.7. The molecule has 2 unspecified atom stereocenters. The molecule has 0 aliphatic carbocycles. The van der Waals surface area contributed by atoms with E-state index in [1.54, 1.807) is 4.52 Å². The first kappa shape index (κ1) is 12.0. The summed E-state index contributed by atoms with van der Waals surface area (Å²) < 4.78 is 7.67. The van der Waals surface area contributed by atoms with Crippen molar-refractivity contribution in [3.63, 3.8) is 0 Å². The lowest BCUT2D eigenvalue weighted by atomic mass is 10.1. The minimum Gasteiger partial charge on any atom is -0.373 e. The van der Waals surface area contributed by atoms with Gasteiger partial charge in [0.2, 0.25) is 0 Å². The number of fused-ring (bicyclic) bond motifs is 2. The second-order valence-corrected chi connectivity index (χ2v) is 5.57. The molecule has 2 saturated heterocycles. The molecular formula is C13H18N6O. The minimum absolute atomic E-state index is 0.285. The van der Waals surface area contributed by atoms with E-state index in [1.165, 1.54) is 0 Å². The van der Waals surface area contributed by atoms with Crippen molar-refractivity contribution in [2.24, 2.45) is 0 Å². The standard InChI is InChI=1S/C13H18N6O/c1-9-14-15-12-3-4-13(16-19(9)12)18-7-10-11(8-18)20-6-5-17(10)2/h3-4,10-11H,5-8H2,1-2H3. The highest BCUT2D eigenvalue weighted by Crippen LogP contribution is 2.25. The first-order valence-electron chi connectivity index (χ1n) is 6.98. The Morgan fingerprint density at radius 3 is 3.00 bits per heavy atom. The number of hydrogen-bond donors (Lipinski definition) is 0. The molecule has 2 aliphatic heterocycles. The second-order valence-electron chi connectivity index (χ2n) is 5.57. The number of hydrogen-bond acceptors (Lipinski definition) is 6. The fourth-order valence-corrected chi connectivity index (χ4v) is 3.10. The van der Waals surface area contributed by atoms with Gasteiger partial charge in [-0.3, -0.25) is 4.90 Å². The Kier molecular flexibility index (Phi) is 2.64. The van der Waals surface area contributed by atoms with Gasteiger partial charge < -0.3 is 9.64 Å². The first-order chi connectivity index (χ1) is 9.72. The average Bonchev–Trinajstić information content (AvgIpc) is 3.04. The molecule has 2 aromatic rings. The van der Waals surface area contributed by atoms with E-state index in [-0.39, 0.29) is 6.10 Å². The van der Waals surface area contributed by atoms with Gasteiger partial charge in [0.05, 0.1) is 18.8 Å². The maximum atomic E-state index is 5.88. The number of nitrogens with zero attached hydrogens (tertiary/aromatic N) is 6. The third kappa shape index (κ3) is 1.77. The summed E-state index contributed by atoms with van der Waals surface area (Å²) in [4.78, 5) is 4.67. The maximum absolute atomic E-state index is 5.88. The van der Waals surface area contributed by atoms with Crippen LogP contribution < -0.4 is 4.90 Å². The molecule has 2 aliphatic rings. The van der Waals surface area contributed by atoms with Gasteiger partial charge in [0.15, 0.2) is 11.5 Å². The van der Waals surface area contributed by atoms with Crippen LogP contribution >= 0.6 is 0 Å². The molecule has 0 amide bonds. The molecule has 106 valence electrons. The van der Waals surface area contributed by atoms with Crippen molar-refractivity contribution in [1.82, 2.24) is 24.7 Å². The van der Waals surface area contributed by atoms with Crippen LogP contribution in [0, 0.1) is 6.92 Å². The van der Waals surface area contributed by atoms with E-state index in [1.807, 2.05) is 19.1 Å². The fourth-order valence-electron chi connectivity index (χ4n) is 3.10. The normalized spacial score (nSPS) is 27.2. The van der Waals surface area contributed by atoms with Crippen LogP contribution in [0.2, 0.25) is 0 Å². The number of aryl methyl sites for hydroxylation is 1. The quantitative estimate of drug-likeness (QED) is 0.727. The van der Waals surface area contributed by atoms with Crippen molar-refractivity contribution < 1.29 is 4.74 Å². The van der Waals surface area contributed by atoms with Crippen LogP contribution in [-0.2, 0) is 4.74 Å². The van der Waals surface area contributed by atoms with Crippen LogP contribution in [-0.4, -0.2) is 70.1 Å². The number of anilines is 1. The van der Waals surface area contributed by atoms with Gasteiger partial charge in [-0.25, -0.2) is 0 Å². The third-order valence-corrected chi connectivity index (χ3v) is 4.31. The molecule has 0 bridgehead atoms. The summed E-state index contributed by atoms with van der Waals surface area (Å²) in [6.45, 7) is 5.60. The SMILES string of the molecule is Cc1nnc2ccc(N3CC4OCCN(C)C4C3)nn12. The summed E-state index contributed by atoms with van der Waals surface area (Å²) in [5.74, 6) is 1.78. The zero-order valence-corrected chi connectivity index (χ0v) is 11.7. The predicted octanol–water partition coefficient (Wildman–Crippen LogP) is -0.0481. The van der Waals surface area contributed by atoms with E-state index in [2.05, 4.69) is 32.1 Å². The second kappa shape index (κ2) is 4.39. The Morgan fingerprint density at radius 2 is 2.15 bits per heavy atom. The lowest BCUT2D eigenvalue weighted by molar-refractivity contribution is -0.0362. The Morgan fingerprint density at radius 1 is 1.25 bits per heavy atom. The van der Waals surface area contributed by atoms with Gasteiger partial charge in [0.1, 0.15) is 5.82 Å².